The molecule has 1 aliphatic carbocycles. The molecule has 0 aromatic rings. The Hall–Kier alpha value is -0.610. The lowest BCUT2D eigenvalue weighted by Gasteiger charge is -2.41. The average Bonchev–Trinajstić information content (AvgIpc) is 2.52. The number of rotatable bonds is 6. The van der Waals surface area contributed by atoms with Gasteiger partial charge in [-0.25, -0.2) is 0 Å². The first kappa shape index (κ1) is 16.8. The van der Waals surface area contributed by atoms with Crippen LogP contribution in [0.3, 0.4) is 0 Å². The topological polar surface area (TPSA) is 44.4 Å². The van der Waals surface area contributed by atoms with Crippen molar-refractivity contribution in [3.05, 3.63) is 0 Å². The highest BCUT2D eigenvalue weighted by molar-refractivity contribution is 5.72. The fourth-order valence-corrected chi connectivity index (χ4v) is 3.80. The third-order valence-electron chi connectivity index (χ3n) is 5.18. The predicted octanol–water partition coefficient (Wildman–Crippen LogP) is 2.15. The Morgan fingerprint density at radius 3 is 2.33 bits per heavy atom. The number of piperidine rings is 1. The summed E-state index contributed by atoms with van der Waals surface area (Å²) in [7, 11) is 0. The summed E-state index contributed by atoms with van der Waals surface area (Å²) in [6.07, 6.45) is 9.13. The van der Waals surface area contributed by atoms with Crippen molar-refractivity contribution in [1.29, 1.82) is 0 Å². The summed E-state index contributed by atoms with van der Waals surface area (Å²) in [4.78, 5) is 13.7. The summed E-state index contributed by atoms with van der Waals surface area (Å²) in [5.74, 6) is 0.794. The zero-order valence-electron chi connectivity index (χ0n) is 13.9. The number of hydrogen-bond acceptors (Lipinski definition) is 3. The average molecular weight is 295 g/mol. The van der Waals surface area contributed by atoms with Gasteiger partial charge in [-0.05, 0) is 70.5 Å². The van der Waals surface area contributed by atoms with E-state index in [9.17, 15) is 4.79 Å². The molecule has 0 aromatic heterocycles. The first-order valence-electron chi connectivity index (χ1n) is 8.91. The second kappa shape index (κ2) is 8.74. The van der Waals surface area contributed by atoms with Crippen molar-refractivity contribution >= 4 is 5.91 Å². The van der Waals surface area contributed by atoms with Gasteiger partial charge in [0, 0.05) is 25.6 Å². The molecule has 4 heteroatoms. The molecular formula is C17H33N3O. The van der Waals surface area contributed by atoms with Gasteiger partial charge in [0.2, 0.25) is 5.91 Å². The maximum absolute atomic E-state index is 11.0. The highest BCUT2D eigenvalue weighted by atomic mass is 16.1. The Balaban J connectivity index is 1.63. The van der Waals surface area contributed by atoms with Crippen LogP contribution in [-0.4, -0.2) is 49.1 Å². The maximum atomic E-state index is 11.0. The fourth-order valence-electron chi connectivity index (χ4n) is 3.80. The third kappa shape index (κ3) is 5.59. The van der Waals surface area contributed by atoms with Gasteiger partial charge in [0.05, 0.1) is 0 Å². The zero-order valence-corrected chi connectivity index (χ0v) is 13.9. The van der Waals surface area contributed by atoms with Crippen molar-refractivity contribution < 1.29 is 4.79 Å². The number of carbonyl (C=O) groups excluding carboxylic acids is 1. The van der Waals surface area contributed by atoms with E-state index in [1.54, 1.807) is 6.92 Å². The van der Waals surface area contributed by atoms with Crippen molar-refractivity contribution in [2.45, 2.75) is 70.9 Å². The van der Waals surface area contributed by atoms with E-state index in [-0.39, 0.29) is 5.91 Å². The monoisotopic (exact) mass is 295 g/mol. The molecule has 1 saturated carbocycles. The number of nitrogens with zero attached hydrogens (tertiary/aromatic N) is 1. The van der Waals surface area contributed by atoms with Gasteiger partial charge in [-0.2, -0.15) is 0 Å². The molecule has 0 radical (unpaired) electrons. The van der Waals surface area contributed by atoms with Crippen LogP contribution in [0.15, 0.2) is 0 Å². The molecule has 2 aliphatic rings. The molecular weight excluding hydrogens is 262 g/mol. The van der Waals surface area contributed by atoms with Crippen LogP contribution in [-0.2, 0) is 4.79 Å². The molecule has 0 unspecified atom stereocenters. The normalized spacial score (nSPS) is 28.5. The lowest BCUT2D eigenvalue weighted by molar-refractivity contribution is -0.119. The number of amides is 1. The maximum Gasteiger partial charge on any atom is 0.216 e. The Morgan fingerprint density at radius 1 is 1.10 bits per heavy atom. The molecule has 1 aliphatic heterocycles. The molecule has 2 fully saturated rings. The van der Waals surface area contributed by atoms with Gasteiger partial charge in [0.1, 0.15) is 0 Å². The molecule has 2 N–H and O–H groups in total. The number of hydrogen-bond donors (Lipinski definition) is 2. The lowest BCUT2D eigenvalue weighted by atomic mass is 9.87. The zero-order chi connectivity index (χ0) is 15.1. The molecule has 0 bridgehead atoms. The minimum absolute atomic E-state index is 0.107. The highest BCUT2D eigenvalue weighted by Gasteiger charge is 2.28. The number of carbonyl (C=O) groups is 1. The largest absolute Gasteiger partial charge is 0.356 e. The quantitative estimate of drug-likeness (QED) is 0.789. The molecule has 0 spiro atoms. The minimum Gasteiger partial charge on any atom is -0.356 e. The van der Waals surface area contributed by atoms with E-state index in [1.165, 1.54) is 64.6 Å². The van der Waals surface area contributed by atoms with E-state index in [0.29, 0.717) is 5.92 Å². The lowest BCUT2D eigenvalue weighted by Crippen LogP contribution is -2.46. The van der Waals surface area contributed by atoms with Crippen LogP contribution in [0.25, 0.3) is 0 Å². The van der Waals surface area contributed by atoms with Crippen LogP contribution >= 0.6 is 0 Å². The summed E-state index contributed by atoms with van der Waals surface area (Å²) < 4.78 is 0. The van der Waals surface area contributed by atoms with Crippen LogP contribution in [0.4, 0.5) is 0 Å². The van der Waals surface area contributed by atoms with Crippen LogP contribution in [0.5, 0.6) is 0 Å². The molecule has 1 amide bonds. The standard InChI is InChI=1S/C17H33N3O/c1-3-10-18-16-4-6-17(7-5-16)20-11-8-15(9-12-20)13-19-14(2)21/h15-18H,3-13H2,1-2H3,(H,19,21). The van der Waals surface area contributed by atoms with Gasteiger partial charge in [-0.15, -0.1) is 0 Å². The van der Waals surface area contributed by atoms with Gasteiger partial charge in [0.25, 0.3) is 0 Å². The van der Waals surface area contributed by atoms with E-state index in [0.717, 1.165) is 18.6 Å². The predicted molar refractivity (Wildman–Crippen MR) is 87.3 cm³/mol. The highest BCUT2D eigenvalue weighted by Crippen LogP contribution is 2.27. The first-order valence-corrected chi connectivity index (χ1v) is 8.91. The van der Waals surface area contributed by atoms with Crippen molar-refractivity contribution in [3.8, 4) is 0 Å². The van der Waals surface area contributed by atoms with Crippen LogP contribution in [0, 0.1) is 5.92 Å². The van der Waals surface area contributed by atoms with Gasteiger partial charge in [0.15, 0.2) is 0 Å². The van der Waals surface area contributed by atoms with Crippen molar-refractivity contribution in [2.75, 3.05) is 26.2 Å². The molecule has 1 saturated heterocycles. The molecule has 0 atom stereocenters. The van der Waals surface area contributed by atoms with Gasteiger partial charge in [-0.1, -0.05) is 6.92 Å². The van der Waals surface area contributed by atoms with Crippen LogP contribution < -0.4 is 10.6 Å². The summed E-state index contributed by atoms with van der Waals surface area (Å²) in [5, 5.41) is 6.64. The fraction of sp³-hybridized carbons (Fsp3) is 0.941. The van der Waals surface area contributed by atoms with Gasteiger partial charge < -0.3 is 15.5 Å². The number of likely N-dealkylation sites (tertiary alicyclic amines) is 1. The molecule has 21 heavy (non-hydrogen) atoms. The second-order valence-electron chi connectivity index (χ2n) is 6.88. The smallest absolute Gasteiger partial charge is 0.216 e. The van der Waals surface area contributed by atoms with Crippen molar-refractivity contribution in [3.63, 3.8) is 0 Å². The van der Waals surface area contributed by atoms with E-state index >= 15 is 0 Å². The summed E-state index contributed by atoms with van der Waals surface area (Å²) >= 11 is 0. The summed E-state index contributed by atoms with van der Waals surface area (Å²) in [6, 6.07) is 1.57. The van der Waals surface area contributed by atoms with Gasteiger partial charge >= 0.3 is 0 Å². The Bertz CT molecular complexity index is 305. The van der Waals surface area contributed by atoms with E-state index in [4.69, 9.17) is 0 Å². The summed E-state index contributed by atoms with van der Waals surface area (Å²) in [6.45, 7) is 8.34. The summed E-state index contributed by atoms with van der Waals surface area (Å²) in [5.41, 5.74) is 0. The molecule has 122 valence electrons. The molecule has 0 aromatic carbocycles. The Morgan fingerprint density at radius 2 is 1.76 bits per heavy atom. The first-order chi connectivity index (χ1) is 10.2. The van der Waals surface area contributed by atoms with Crippen molar-refractivity contribution in [2.24, 2.45) is 5.92 Å². The molecule has 2 rings (SSSR count). The molecule has 1 heterocycles. The Labute approximate surface area is 130 Å². The molecule has 4 nitrogen and oxygen atoms in total. The van der Waals surface area contributed by atoms with Gasteiger partial charge in [-0.3, -0.25) is 4.79 Å². The Kier molecular flexibility index (Phi) is 6.97. The SMILES string of the molecule is CCCNC1CCC(N2CCC(CNC(C)=O)CC2)CC1. The van der Waals surface area contributed by atoms with Crippen molar-refractivity contribution in [1.82, 2.24) is 15.5 Å². The van der Waals surface area contributed by atoms with E-state index in [1.807, 2.05) is 0 Å². The third-order valence-corrected chi connectivity index (χ3v) is 5.18. The van der Waals surface area contributed by atoms with E-state index in [2.05, 4.69) is 22.5 Å². The van der Waals surface area contributed by atoms with Crippen LogP contribution in [0.1, 0.15) is 58.8 Å². The minimum atomic E-state index is 0.107. The number of nitrogens with one attached hydrogen (secondary N) is 2. The van der Waals surface area contributed by atoms with E-state index < -0.39 is 0 Å². The second-order valence-corrected chi connectivity index (χ2v) is 6.88. The van der Waals surface area contributed by atoms with Crippen LogP contribution in [0.2, 0.25) is 0 Å².